The molecule has 0 bridgehead atoms. The Morgan fingerprint density at radius 1 is 1.35 bits per heavy atom. The molecule has 2 N–H and O–H groups in total. The molecule has 0 atom stereocenters. The molecular formula is C12H13F2NO4S. The first kappa shape index (κ1) is 16.3. The van der Waals surface area contributed by atoms with Gasteiger partial charge >= 0.3 is 5.97 Å². The van der Waals surface area contributed by atoms with E-state index in [9.17, 15) is 22.0 Å². The number of hydrogen-bond acceptors (Lipinski definition) is 3. The van der Waals surface area contributed by atoms with E-state index in [0.717, 1.165) is 5.57 Å². The van der Waals surface area contributed by atoms with Crippen LogP contribution in [0.1, 0.15) is 24.2 Å². The molecule has 1 aromatic rings. The lowest BCUT2D eigenvalue weighted by Crippen LogP contribution is -2.26. The molecule has 8 heteroatoms. The molecule has 0 amide bonds. The third kappa shape index (κ3) is 3.61. The lowest BCUT2D eigenvalue weighted by atomic mass is 10.2. The van der Waals surface area contributed by atoms with E-state index >= 15 is 0 Å². The number of carboxylic acids is 1. The van der Waals surface area contributed by atoms with Crippen LogP contribution in [0.3, 0.4) is 0 Å². The highest BCUT2D eigenvalue weighted by Gasteiger charge is 2.26. The van der Waals surface area contributed by atoms with E-state index in [-0.39, 0.29) is 6.54 Å². The van der Waals surface area contributed by atoms with Gasteiger partial charge in [0, 0.05) is 6.54 Å². The lowest BCUT2D eigenvalue weighted by molar-refractivity contribution is 0.0685. The van der Waals surface area contributed by atoms with Crippen molar-refractivity contribution in [1.29, 1.82) is 0 Å². The summed E-state index contributed by atoms with van der Waals surface area (Å²) < 4.78 is 52.7. The highest BCUT2D eigenvalue weighted by molar-refractivity contribution is 7.89. The fraction of sp³-hybridized carbons (Fsp3) is 0.250. The Kier molecular flexibility index (Phi) is 4.96. The van der Waals surface area contributed by atoms with E-state index < -0.39 is 38.1 Å². The Bertz CT molecular complexity index is 664. The van der Waals surface area contributed by atoms with Crippen LogP contribution in [0.5, 0.6) is 0 Å². The normalized spacial score (nSPS) is 11.2. The molecule has 0 aliphatic heterocycles. The Balaban J connectivity index is 3.23. The highest BCUT2D eigenvalue weighted by Crippen LogP contribution is 2.21. The predicted octanol–water partition coefficient (Wildman–Crippen LogP) is 1.91. The van der Waals surface area contributed by atoms with Crippen molar-refractivity contribution in [3.63, 3.8) is 0 Å². The molecule has 1 rings (SSSR count). The minimum Gasteiger partial charge on any atom is -0.477 e. The van der Waals surface area contributed by atoms with Gasteiger partial charge in [0.2, 0.25) is 10.0 Å². The molecule has 5 nitrogen and oxygen atoms in total. The van der Waals surface area contributed by atoms with Crippen molar-refractivity contribution in [2.24, 2.45) is 0 Å². The van der Waals surface area contributed by atoms with Gasteiger partial charge in [0.05, 0.1) is 0 Å². The largest absolute Gasteiger partial charge is 0.477 e. The second-order valence-corrected chi connectivity index (χ2v) is 5.91. The summed E-state index contributed by atoms with van der Waals surface area (Å²) in [5.74, 6) is -4.83. The minimum atomic E-state index is -4.26. The summed E-state index contributed by atoms with van der Waals surface area (Å²) in [6.45, 7) is 3.41. The summed E-state index contributed by atoms with van der Waals surface area (Å²) in [6, 6.07) is 1.28. The summed E-state index contributed by atoms with van der Waals surface area (Å²) in [4.78, 5) is 9.82. The van der Waals surface area contributed by atoms with Gasteiger partial charge in [-0.2, -0.15) is 0 Å². The number of carboxylic acid groups (broad SMARTS) is 1. The molecule has 0 saturated carbocycles. The first-order valence-corrected chi connectivity index (χ1v) is 6.99. The molecule has 0 spiro atoms. The van der Waals surface area contributed by atoms with Gasteiger partial charge in [-0.3, -0.25) is 0 Å². The summed E-state index contributed by atoms with van der Waals surface area (Å²) >= 11 is 0. The molecule has 110 valence electrons. The van der Waals surface area contributed by atoms with Gasteiger partial charge < -0.3 is 5.11 Å². The number of benzene rings is 1. The van der Waals surface area contributed by atoms with Crippen molar-refractivity contribution < 1.29 is 27.1 Å². The molecule has 0 saturated heterocycles. The van der Waals surface area contributed by atoms with Gasteiger partial charge in [0.1, 0.15) is 16.3 Å². The standard InChI is InChI=1S/C12H13F2NO4S/c1-7(2)5-6-15-20(18,19)9-4-3-8(13)10(11(9)14)12(16)17/h3-5,15H,6H2,1-2H3,(H,16,17). The number of rotatable bonds is 5. The molecule has 0 aliphatic rings. The number of hydrogen-bond donors (Lipinski definition) is 2. The van der Waals surface area contributed by atoms with Crippen LogP contribution in [-0.2, 0) is 10.0 Å². The van der Waals surface area contributed by atoms with Crippen LogP contribution in [0, 0.1) is 11.6 Å². The van der Waals surface area contributed by atoms with Crippen LogP contribution in [0.2, 0.25) is 0 Å². The van der Waals surface area contributed by atoms with Gasteiger partial charge in [-0.25, -0.2) is 26.7 Å². The number of allylic oxidation sites excluding steroid dienone is 1. The average molecular weight is 305 g/mol. The minimum absolute atomic E-state index is 0.0795. The molecule has 0 fully saturated rings. The summed E-state index contributed by atoms with van der Waals surface area (Å²) in [5.41, 5.74) is -0.450. The Hall–Kier alpha value is -1.80. The van der Waals surface area contributed by atoms with E-state index in [0.29, 0.717) is 12.1 Å². The van der Waals surface area contributed by atoms with Crippen molar-refractivity contribution in [3.8, 4) is 0 Å². The first-order chi connectivity index (χ1) is 9.16. The van der Waals surface area contributed by atoms with Gasteiger partial charge in [-0.1, -0.05) is 11.6 Å². The third-order valence-corrected chi connectivity index (χ3v) is 3.78. The highest BCUT2D eigenvalue weighted by atomic mass is 32.2. The second kappa shape index (κ2) is 6.10. The molecule has 20 heavy (non-hydrogen) atoms. The van der Waals surface area contributed by atoms with E-state index in [1.807, 2.05) is 0 Å². The van der Waals surface area contributed by atoms with Crippen LogP contribution >= 0.6 is 0 Å². The molecular weight excluding hydrogens is 292 g/mol. The first-order valence-electron chi connectivity index (χ1n) is 5.51. The average Bonchev–Trinajstić information content (AvgIpc) is 2.26. The molecule has 0 heterocycles. The van der Waals surface area contributed by atoms with Crippen molar-refractivity contribution in [2.75, 3.05) is 6.54 Å². The van der Waals surface area contributed by atoms with E-state index in [1.165, 1.54) is 0 Å². The van der Waals surface area contributed by atoms with Gasteiger partial charge in [0.25, 0.3) is 0 Å². The molecule has 0 aliphatic carbocycles. The van der Waals surface area contributed by atoms with Crippen LogP contribution in [-0.4, -0.2) is 26.0 Å². The quantitative estimate of drug-likeness (QED) is 0.814. The number of carbonyl (C=O) groups is 1. The summed E-state index contributed by atoms with van der Waals surface area (Å²) in [7, 11) is -4.26. The maximum atomic E-state index is 13.8. The van der Waals surface area contributed by atoms with Crippen molar-refractivity contribution in [2.45, 2.75) is 18.7 Å². The summed E-state index contributed by atoms with van der Waals surface area (Å²) in [5, 5.41) is 8.68. The molecule has 0 radical (unpaired) electrons. The zero-order valence-corrected chi connectivity index (χ0v) is 11.6. The van der Waals surface area contributed by atoms with Gasteiger partial charge in [-0.05, 0) is 26.0 Å². The fourth-order valence-corrected chi connectivity index (χ4v) is 2.41. The number of aromatic carboxylic acids is 1. The van der Waals surface area contributed by atoms with E-state index in [1.54, 1.807) is 19.9 Å². The number of sulfonamides is 1. The van der Waals surface area contributed by atoms with Crippen molar-refractivity contribution in [1.82, 2.24) is 4.72 Å². The Labute approximate surface area is 115 Å². The maximum absolute atomic E-state index is 13.8. The Morgan fingerprint density at radius 2 is 1.95 bits per heavy atom. The SMILES string of the molecule is CC(C)=CCNS(=O)(=O)c1ccc(F)c(C(=O)O)c1F. The van der Waals surface area contributed by atoms with Crippen LogP contribution in [0.25, 0.3) is 0 Å². The maximum Gasteiger partial charge on any atom is 0.341 e. The Morgan fingerprint density at radius 3 is 2.45 bits per heavy atom. The third-order valence-electron chi connectivity index (χ3n) is 2.34. The second-order valence-electron chi connectivity index (χ2n) is 4.17. The zero-order chi connectivity index (χ0) is 15.5. The fourth-order valence-electron chi connectivity index (χ4n) is 1.37. The zero-order valence-electron chi connectivity index (χ0n) is 10.8. The van der Waals surface area contributed by atoms with Crippen molar-refractivity contribution in [3.05, 3.63) is 41.0 Å². The smallest absolute Gasteiger partial charge is 0.341 e. The van der Waals surface area contributed by atoms with Gasteiger partial charge in [0.15, 0.2) is 5.82 Å². The number of nitrogens with one attached hydrogen (secondary N) is 1. The van der Waals surface area contributed by atoms with Crippen LogP contribution in [0.15, 0.2) is 28.7 Å². The summed E-state index contributed by atoms with van der Waals surface area (Å²) in [6.07, 6.45) is 1.55. The lowest BCUT2D eigenvalue weighted by Gasteiger charge is -2.08. The van der Waals surface area contributed by atoms with Crippen LogP contribution < -0.4 is 4.72 Å². The molecule has 0 aromatic heterocycles. The molecule has 1 aromatic carbocycles. The van der Waals surface area contributed by atoms with Crippen molar-refractivity contribution >= 4 is 16.0 Å². The predicted molar refractivity (Wildman–Crippen MR) is 67.9 cm³/mol. The number of halogens is 2. The van der Waals surface area contributed by atoms with Crippen LogP contribution in [0.4, 0.5) is 8.78 Å². The van der Waals surface area contributed by atoms with Gasteiger partial charge in [-0.15, -0.1) is 0 Å². The topological polar surface area (TPSA) is 83.5 Å². The van der Waals surface area contributed by atoms with E-state index in [2.05, 4.69) is 4.72 Å². The van der Waals surface area contributed by atoms with E-state index in [4.69, 9.17) is 5.11 Å². The monoisotopic (exact) mass is 305 g/mol. The molecule has 0 unspecified atom stereocenters.